The van der Waals surface area contributed by atoms with Gasteiger partial charge in [-0.25, -0.2) is 0 Å². The van der Waals surface area contributed by atoms with E-state index >= 15 is 0 Å². The predicted molar refractivity (Wildman–Crippen MR) is 73.7 cm³/mol. The summed E-state index contributed by atoms with van der Waals surface area (Å²) >= 11 is 1.77. The first-order valence-electron chi connectivity index (χ1n) is 5.88. The minimum absolute atomic E-state index is 0.0401. The summed E-state index contributed by atoms with van der Waals surface area (Å²) in [6.07, 6.45) is 2.89. The van der Waals surface area contributed by atoms with Crippen molar-refractivity contribution < 1.29 is 4.42 Å². The molecule has 0 amide bonds. The Morgan fingerprint density at radius 3 is 2.72 bits per heavy atom. The molecule has 0 saturated carbocycles. The van der Waals surface area contributed by atoms with Crippen LogP contribution in [0.4, 0.5) is 0 Å². The van der Waals surface area contributed by atoms with E-state index in [0.717, 1.165) is 17.7 Å². The molecule has 1 aromatic heterocycles. The van der Waals surface area contributed by atoms with Crippen LogP contribution in [0.25, 0.3) is 0 Å². The number of rotatable bonds is 6. The molecule has 96 valence electrons. The highest BCUT2D eigenvalue weighted by atomic mass is 32.2. The fourth-order valence-corrected chi connectivity index (χ4v) is 2.13. The second kappa shape index (κ2) is 6.56. The van der Waals surface area contributed by atoms with Gasteiger partial charge in [-0.05, 0) is 18.9 Å². The maximum atomic E-state index is 5.70. The number of hydrogen-bond acceptors (Lipinski definition) is 5. The van der Waals surface area contributed by atoms with Crippen LogP contribution in [0.5, 0.6) is 0 Å². The number of benzene rings is 1. The Morgan fingerprint density at radius 2 is 2.06 bits per heavy atom. The SMILES string of the molecule is CNC(c1ccccc1)c1nnc(CCSC)o1. The van der Waals surface area contributed by atoms with Gasteiger partial charge in [-0.1, -0.05) is 30.3 Å². The third kappa shape index (κ3) is 3.11. The lowest BCUT2D eigenvalue weighted by atomic mass is 10.1. The number of thioether (sulfide) groups is 1. The quantitative estimate of drug-likeness (QED) is 0.866. The van der Waals surface area contributed by atoms with Crippen LogP contribution in [-0.4, -0.2) is 29.3 Å². The van der Waals surface area contributed by atoms with Crippen LogP contribution in [0.3, 0.4) is 0 Å². The number of hydrogen-bond donors (Lipinski definition) is 1. The van der Waals surface area contributed by atoms with Gasteiger partial charge in [-0.2, -0.15) is 11.8 Å². The van der Waals surface area contributed by atoms with Gasteiger partial charge in [0, 0.05) is 12.2 Å². The summed E-state index contributed by atoms with van der Waals surface area (Å²) in [7, 11) is 1.89. The topological polar surface area (TPSA) is 51.0 Å². The van der Waals surface area contributed by atoms with Crippen molar-refractivity contribution >= 4 is 11.8 Å². The fourth-order valence-electron chi connectivity index (χ4n) is 1.75. The van der Waals surface area contributed by atoms with Gasteiger partial charge in [0.25, 0.3) is 0 Å². The molecule has 0 spiro atoms. The molecule has 0 bridgehead atoms. The zero-order valence-corrected chi connectivity index (χ0v) is 11.4. The molecular weight excluding hydrogens is 246 g/mol. The van der Waals surface area contributed by atoms with E-state index in [-0.39, 0.29) is 6.04 Å². The molecule has 0 aliphatic rings. The fraction of sp³-hybridized carbons (Fsp3) is 0.385. The first-order valence-corrected chi connectivity index (χ1v) is 7.28. The van der Waals surface area contributed by atoms with Crippen LogP contribution in [-0.2, 0) is 6.42 Å². The number of aryl methyl sites for hydroxylation is 1. The van der Waals surface area contributed by atoms with E-state index in [4.69, 9.17) is 4.42 Å². The van der Waals surface area contributed by atoms with Gasteiger partial charge in [-0.15, -0.1) is 10.2 Å². The third-order valence-corrected chi connectivity index (χ3v) is 3.28. The van der Waals surface area contributed by atoms with Crippen LogP contribution in [0.1, 0.15) is 23.4 Å². The monoisotopic (exact) mass is 263 g/mol. The normalized spacial score (nSPS) is 12.6. The summed E-state index contributed by atoms with van der Waals surface area (Å²) in [6.45, 7) is 0. The van der Waals surface area contributed by atoms with E-state index < -0.39 is 0 Å². The van der Waals surface area contributed by atoms with Crippen LogP contribution >= 0.6 is 11.8 Å². The molecule has 0 fully saturated rings. The molecule has 18 heavy (non-hydrogen) atoms. The summed E-state index contributed by atoms with van der Waals surface area (Å²) < 4.78 is 5.70. The summed E-state index contributed by atoms with van der Waals surface area (Å²) in [5.41, 5.74) is 1.13. The van der Waals surface area contributed by atoms with Crippen LogP contribution in [0, 0.1) is 0 Å². The molecule has 0 saturated heterocycles. The number of nitrogens with zero attached hydrogens (tertiary/aromatic N) is 2. The standard InChI is InChI=1S/C13H17N3OS/c1-14-12(10-6-4-3-5-7-10)13-16-15-11(17-13)8-9-18-2/h3-7,12,14H,8-9H2,1-2H3. The van der Waals surface area contributed by atoms with Crippen molar-refractivity contribution in [2.24, 2.45) is 0 Å². The Kier molecular flexibility index (Phi) is 4.78. The van der Waals surface area contributed by atoms with Gasteiger partial charge < -0.3 is 9.73 Å². The molecule has 1 atom stereocenters. The molecule has 1 N–H and O–H groups in total. The van der Waals surface area contributed by atoms with E-state index in [2.05, 4.69) is 21.8 Å². The van der Waals surface area contributed by atoms with Gasteiger partial charge in [0.05, 0.1) is 0 Å². The molecule has 1 aromatic carbocycles. The van der Waals surface area contributed by atoms with Crippen molar-refractivity contribution in [3.63, 3.8) is 0 Å². The highest BCUT2D eigenvalue weighted by Crippen LogP contribution is 2.20. The smallest absolute Gasteiger partial charge is 0.237 e. The molecular formula is C13H17N3OS. The number of aromatic nitrogens is 2. The molecule has 4 nitrogen and oxygen atoms in total. The van der Waals surface area contributed by atoms with Gasteiger partial charge in [-0.3, -0.25) is 0 Å². The first-order chi connectivity index (χ1) is 8.85. The van der Waals surface area contributed by atoms with Gasteiger partial charge in [0.1, 0.15) is 6.04 Å². The minimum atomic E-state index is -0.0401. The molecule has 1 heterocycles. The molecule has 0 aliphatic heterocycles. The van der Waals surface area contributed by atoms with Crippen LogP contribution < -0.4 is 5.32 Å². The minimum Gasteiger partial charge on any atom is -0.423 e. The zero-order valence-electron chi connectivity index (χ0n) is 10.6. The molecule has 2 rings (SSSR count). The summed E-state index contributed by atoms with van der Waals surface area (Å²) in [6, 6.07) is 10.1. The predicted octanol–water partition coefficient (Wildman–Crippen LogP) is 2.28. The Bertz CT molecular complexity index is 472. The second-order valence-electron chi connectivity index (χ2n) is 3.91. The highest BCUT2D eigenvalue weighted by Gasteiger charge is 2.18. The number of nitrogens with one attached hydrogen (secondary N) is 1. The van der Waals surface area contributed by atoms with E-state index in [1.807, 2.05) is 37.4 Å². The van der Waals surface area contributed by atoms with Crippen molar-refractivity contribution in [3.8, 4) is 0 Å². The molecule has 1 unspecified atom stereocenters. The van der Waals surface area contributed by atoms with Gasteiger partial charge in [0.2, 0.25) is 11.8 Å². The molecule has 2 aromatic rings. The molecule has 0 aliphatic carbocycles. The Hall–Kier alpha value is -1.33. The first kappa shape index (κ1) is 13.1. The highest BCUT2D eigenvalue weighted by molar-refractivity contribution is 7.98. The molecule has 0 radical (unpaired) electrons. The van der Waals surface area contributed by atoms with E-state index in [0.29, 0.717) is 11.8 Å². The average Bonchev–Trinajstić information content (AvgIpc) is 2.87. The average molecular weight is 263 g/mol. The Morgan fingerprint density at radius 1 is 1.28 bits per heavy atom. The molecule has 5 heteroatoms. The second-order valence-corrected chi connectivity index (χ2v) is 4.89. The van der Waals surface area contributed by atoms with Gasteiger partial charge >= 0.3 is 0 Å². The lowest BCUT2D eigenvalue weighted by molar-refractivity contribution is 0.419. The van der Waals surface area contributed by atoms with E-state index in [1.54, 1.807) is 11.8 Å². The summed E-state index contributed by atoms with van der Waals surface area (Å²) in [5.74, 6) is 2.33. The lowest BCUT2D eigenvalue weighted by Crippen LogP contribution is -2.17. The van der Waals surface area contributed by atoms with E-state index in [1.165, 1.54) is 0 Å². The largest absolute Gasteiger partial charge is 0.423 e. The van der Waals surface area contributed by atoms with E-state index in [9.17, 15) is 0 Å². The maximum absolute atomic E-state index is 5.70. The van der Waals surface area contributed by atoms with Crippen molar-refractivity contribution in [1.82, 2.24) is 15.5 Å². The van der Waals surface area contributed by atoms with Gasteiger partial charge in [0.15, 0.2) is 0 Å². The summed E-state index contributed by atoms with van der Waals surface area (Å²) in [5, 5.41) is 11.4. The lowest BCUT2D eigenvalue weighted by Gasteiger charge is -2.11. The van der Waals surface area contributed by atoms with Crippen LogP contribution in [0.15, 0.2) is 34.7 Å². The van der Waals surface area contributed by atoms with Crippen molar-refractivity contribution in [3.05, 3.63) is 47.7 Å². The van der Waals surface area contributed by atoms with Crippen molar-refractivity contribution in [2.45, 2.75) is 12.5 Å². The maximum Gasteiger partial charge on any atom is 0.237 e. The van der Waals surface area contributed by atoms with Crippen molar-refractivity contribution in [1.29, 1.82) is 0 Å². The summed E-state index contributed by atoms with van der Waals surface area (Å²) in [4.78, 5) is 0. The Labute approximate surface area is 111 Å². The Balaban J connectivity index is 2.15. The van der Waals surface area contributed by atoms with Crippen LogP contribution in [0.2, 0.25) is 0 Å². The van der Waals surface area contributed by atoms with Crippen molar-refractivity contribution in [2.75, 3.05) is 19.1 Å². The third-order valence-electron chi connectivity index (χ3n) is 2.67. The zero-order chi connectivity index (χ0) is 12.8.